The van der Waals surface area contributed by atoms with Crippen LogP contribution in [0.4, 0.5) is 0 Å². The highest BCUT2D eigenvalue weighted by atomic mass is 35.5. The predicted octanol–water partition coefficient (Wildman–Crippen LogP) is 4.07. The van der Waals surface area contributed by atoms with Gasteiger partial charge in [0.1, 0.15) is 11.5 Å². The highest BCUT2D eigenvalue weighted by Crippen LogP contribution is 2.39. The van der Waals surface area contributed by atoms with Gasteiger partial charge in [0.2, 0.25) is 0 Å². The minimum atomic E-state index is 0. The lowest BCUT2D eigenvalue weighted by atomic mass is 9.96. The number of halogens is 2. The molecule has 1 saturated heterocycles. The molecule has 0 radical (unpaired) electrons. The Kier molecular flexibility index (Phi) is 12.3. The number of ether oxygens (including phenoxy) is 2. The first-order valence-corrected chi connectivity index (χ1v) is 8.47. The van der Waals surface area contributed by atoms with Crippen LogP contribution < -0.4 is 14.8 Å². The van der Waals surface area contributed by atoms with Gasteiger partial charge < -0.3 is 14.8 Å². The number of hydrogen-bond acceptors (Lipinski definition) is 4. The number of piperazine rings is 1. The number of hydrogen-bond donors (Lipinski definition) is 1. The summed E-state index contributed by atoms with van der Waals surface area (Å²) in [6, 6.07) is 6.47. The van der Waals surface area contributed by atoms with E-state index in [1.165, 1.54) is 24.8 Å². The van der Waals surface area contributed by atoms with E-state index >= 15 is 0 Å². The zero-order valence-corrected chi connectivity index (χ0v) is 16.7. The molecule has 0 aromatic heterocycles. The third-order valence-corrected chi connectivity index (χ3v) is 4.47. The number of nitrogens with one attached hydrogen (secondary N) is 1. The summed E-state index contributed by atoms with van der Waals surface area (Å²) in [5.74, 6) is 1.89. The first-order chi connectivity index (χ1) is 10.8. The first kappa shape index (κ1) is 23.3. The highest BCUT2D eigenvalue weighted by molar-refractivity contribution is 5.85. The second kappa shape index (κ2) is 12.6. The zero-order valence-electron chi connectivity index (χ0n) is 15.0. The molecule has 140 valence electrons. The van der Waals surface area contributed by atoms with Gasteiger partial charge >= 0.3 is 0 Å². The lowest BCUT2D eigenvalue weighted by Crippen LogP contribution is -2.45. The summed E-state index contributed by atoms with van der Waals surface area (Å²) in [6.45, 7) is 6.53. The van der Waals surface area contributed by atoms with E-state index in [0.717, 1.165) is 44.1 Å². The van der Waals surface area contributed by atoms with Crippen LogP contribution in [0.5, 0.6) is 11.5 Å². The summed E-state index contributed by atoms with van der Waals surface area (Å²) in [4.78, 5) is 2.58. The van der Waals surface area contributed by atoms with Crippen LogP contribution in [0, 0.1) is 0 Å². The standard InChI is InChI=1S/C18H30N2O2.2ClH/c1-4-5-6-8-15(20-13-11-19-12-14-20)18-16(21-2)9-7-10-17(18)22-3;;/h7,9-10,15,19H,4-6,8,11-14H2,1-3H3;2*1H/t15-;;/m1../s1. The van der Waals surface area contributed by atoms with Crippen LogP contribution >= 0.6 is 24.8 Å². The Labute approximate surface area is 159 Å². The fraction of sp³-hybridized carbons (Fsp3) is 0.667. The summed E-state index contributed by atoms with van der Waals surface area (Å²) < 4.78 is 11.3. The van der Waals surface area contributed by atoms with Gasteiger partial charge in [-0.05, 0) is 18.6 Å². The van der Waals surface area contributed by atoms with Crippen molar-refractivity contribution in [3.63, 3.8) is 0 Å². The van der Waals surface area contributed by atoms with Crippen molar-refractivity contribution in [1.29, 1.82) is 0 Å². The molecule has 1 heterocycles. The van der Waals surface area contributed by atoms with Crippen molar-refractivity contribution in [2.75, 3.05) is 40.4 Å². The van der Waals surface area contributed by atoms with E-state index in [9.17, 15) is 0 Å². The van der Waals surface area contributed by atoms with Gasteiger partial charge in [-0.2, -0.15) is 0 Å². The van der Waals surface area contributed by atoms with Gasteiger partial charge in [0.25, 0.3) is 0 Å². The fourth-order valence-electron chi connectivity index (χ4n) is 3.30. The third-order valence-electron chi connectivity index (χ3n) is 4.47. The van der Waals surface area contributed by atoms with Gasteiger partial charge in [-0.15, -0.1) is 24.8 Å². The number of methoxy groups -OCH3 is 2. The Bertz CT molecular complexity index is 432. The van der Waals surface area contributed by atoms with E-state index in [0.29, 0.717) is 6.04 Å². The Morgan fingerprint density at radius 2 is 1.62 bits per heavy atom. The second-order valence-electron chi connectivity index (χ2n) is 5.87. The van der Waals surface area contributed by atoms with Crippen LogP contribution in [0.25, 0.3) is 0 Å². The Balaban J connectivity index is 0.00000264. The van der Waals surface area contributed by atoms with E-state index < -0.39 is 0 Å². The van der Waals surface area contributed by atoms with Gasteiger partial charge in [0.15, 0.2) is 0 Å². The van der Waals surface area contributed by atoms with Gasteiger partial charge in [-0.1, -0.05) is 32.3 Å². The summed E-state index contributed by atoms with van der Waals surface area (Å²) in [5, 5.41) is 3.44. The maximum Gasteiger partial charge on any atom is 0.127 e. The molecule has 1 aliphatic heterocycles. The molecule has 0 amide bonds. The topological polar surface area (TPSA) is 33.7 Å². The largest absolute Gasteiger partial charge is 0.496 e. The van der Waals surface area contributed by atoms with Crippen molar-refractivity contribution in [1.82, 2.24) is 10.2 Å². The molecule has 1 N–H and O–H groups in total. The molecule has 0 saturated carbocycles. The lowest BCUT2D eigenvalue weighted by molar-refractivity contribution is 0.157. The normalized spacial score (nSPS) is 15.8. The molecule has 0 bridgehead atoms. The smallest absolute Gasteiger partial charge is 0.127 e. The molecule has 0 unspecified atom stereocenters. The van der Waals surface area contributed by atoms with E-state index in [4.69, 9.17) is 9.47 Å². The van der Waals surface area contributed by atoms with Crippen molar-refractivity contribution in [2.45, 2.75) is 38.6 Å². The summed E-state index contributed by atoms with van der Waals surface area (Å²) in [6.07, 6.45) is 4.92. The Morgan fingerprint density at radius 3 is 2.12 bits per heavy atom. The Morgan fingerprint density at radius 1 is 1.04 bits per heavy atom. The van der Waals surface area contributed by atoms with Crippen molar-refractivity contribution in [3.05, 3.63) is 23.8 Å². The molecule has 0 spiro atoms. The van der Waals surface area contributed by atoms with Crippen molar-refractivity contribution in [2.24, 2.45) is 0 Å². The van der Waals surface area contributed by atoms with Crippen LogP contribution in [0.1, 0.15) is 44.2 Å². The molecule has 1 aromatic carbocycles. The molecule has 1 aliphatic rings. The van der Waals surface area contributed by atoms with Crippen LogP contribution in [-0.4, -0.2) is 45.3 Å². The summed E-state index contributed by atoms with van der Waals surface area (Å²) in [7, 11) is 3.50. The van der Waals surface area contributed by atoms with Crippen LogP contribution in [-0.2, 0) is 0 Å². The first-order valence-electron chi connectivity index (χ1n) is 8.47. The fourth-order valence-corrected chi connectivity index (χ4v) is 3.30. The molecular weight excluding hydrogens is 347 g/mol. The van der Waals surface area contributed by atoms with E-state index in [1.54, 1.807) is 14.2 Å². The molecule has 1 atom stereocenters. The summed E-state index contributed by atoms with van der Waals surface area (Å²) in [5.41, 5.74) is 1.21. The van der Waals surface area contributed by atoms with Gasteiger partial charge in [-0.25, -0.2) is 0 Å². The minimum Gasteiger partial charge on any atom is -0.496 e. The number of nitrogens with zero attached hydrogens (tertiary/aromatic N) is 1. The number of benzene rings is 1. The molecule has 1 aromatic rings. The van der Waals surface area contributed by atoms with Crippen molar-refractivity contribution in [3.8, 4) is 11.5 Å². The van der Waals surface area contributed by atoms with Crippen LogP contribution in [0.2, 0.25) is 0 Å². The summed E-state index contributed by atoms with van der Waals surface area (Å²) >= 11 is 0. The minimum absolute atomic E-state index is 0. The van der Waals surface area contributed by atoms with Gasteiger partial charge in [0, 0.05) is 32.2 Å². The predicted molar refractivity (Wildman–Crippen MR) is 105 cm³/mol. The second-order valence-corrected chi connectivity index (χ2v) is 5.87. The monoisotopic (exact) mass is 378 g/mol. The van der Waals surface area contributed by atoms with Gasteiger partial charge in [0.05, 0.1) is 19.8 Å². The molecule has 6 heteroatoms. The quantitative estimate of drug-likeness (QED) is 0.691. The molecular formula is C18H32Cl2N2O2. The van der Waals surface area contributed by atoms with Crippen LogP contribution in [0.15, 0.2) is 18.2 Å². The zero-order chi connectivity index (χ0) is 15.8. The number of unbranched alkanes of at least 4 members (excludes halogenated alkanes) is 2. The molecule has 0 aliphatic carbocycles. The van der Waals surface area contributed by atoms with Gasteiger partial charge in [-0.3, -0.25) is 4.90 Å². The third kappa shape index (κ3) is 5.99. The lowest BCUT2D eigenvalue weighted by Gasteiger charge is -2.36. The van der Waals surface area contributed by atoms with Crippen molar-refractivity contribution >= 4 is 24.8 Å². The van der Waals surface area contributed by atoms with E-state index in [2.05, 4.69) is 17.1 Å². The maximum atomic E-state index is 5.64. The SMILES string of the molecule is CCCCC[C@H](c1c(OC)cccc1OC)N1CCNCC1.Cl.Cl. The maximum absolute atomic E-state index is 5.64. The molecule has 1 fully saturated rings. The molecule has 4 nitrogen and oxygen atoms in total. The average molecular weight is 379 g/mol. The Hall–Kier alpha value is -0.680. The highest BCUT2D eigenvalue weighted by Gasteiger charge is 2.27. The molecule has 24 heavy (non-hydrogen) atoms. The van der Waals surface area contributed by atoms with Crippen molar-refractivity contribution < 1.29 is 9.47 Å². The van der Waals surface area contributed by atoms with Crippen LogP contribution in [0.3, 0.4) is 0 Å². The molecule has 2 rings (SSSR count). The van der Waals surface area contributed by atoms with E-state index in [-0.39, 0.29) is 24.8 Å². The average Bonchev–Trinajstić information content (AvgIpc) is 2.59. The number of rotatable bonds is 8. The van der Waals surface area contributed by atoms with E-state index in [1.807, 2.05) is 18.2 Å².